The molecular formula is C15H28N2O2. The van der Waals surface area contributed by atoms with E-state index in [9.17, 15) is 0 Å². The number of rotatable bonds is 3. The quantitative estimate of drug-likeness (QED) is 0.771. The SMILES string of the molecule is COC1(CN2CC3CCCCN3CC2C)CCOC1. The first-order chi connectivity index (χ1) is 9.22. The van der Waals surface area contributed by atoms with Crippen LogP contribution in [0.1, 0.15) is 32.6 Å². The van der Waals surface area contributed by atoms with Crippen molar-refractivity contribution < 1.29 is 9.47 Å². The number of methoxy groups -OCH3 is 1. The van der Waals surface area contributed by atoms with E-state index in [1.165, 1.54) is 38.9 Å². The summed E-state index contributed by atoms with van der Waals surface area (Å²) >= 11 is 0. The monoisotopic (exact) mass is 268 g/mol. The molecule has 0 radical (unpaired) electrons. The maximum atomic E-state index is 5.81. The molecule has 3 unspecified atom stereocenters. The Kier molecular flexibility index (Phi) is 4.13. The number of piperazine rings is 1. The molecule has 110 valence electrons. The second-order valence-electron chi connectivity index (χ2n) is 6.61. The molecule has 4 heteroatoms. The number of nitrogens with zero attached hydrogens (tertiary/aromatic N) is 2. The summed E-state index contributed by atoms with van der Waals surface area (Å²) in [6.07, 6.45) is 5.21. The zero-order valence-corrected chi connectivity index (χ0v) is 12.4. The van der Waals surface area contributed by atoms with E-state index >= 15 is 0 Å². The largest absolute Gasteiger partial charge is 0.378 e. The van der Waals surface area contributed by atoms with Crippen LogP contribution < -0.4 is 0 Å². The molecule has 3 heterocycles. The first-order valence-corrected chi connectivity index (χ1v) is 7.83. The van der Waals surface area contributed by atoms with E-state index in [0.29, 0.717) is 6.04 Å². The summed E-state index contributed by atoms with van der Waals surface area (Å²) in [4.78, 5) is 5.35. The molecule has 3 atom stereocenters. The Morgan fingerprint density at radius 3 is 2.95 bits per heavy atom. The average molecular weight is 268 g/mol. The maximum Gasteiger partial charge on any atom is 0.106 e. The zero-order chi connectivity index (χ0) is 13.3. The normalized spacial score (nSPS) is 41.4. The number of ether oxygens (including phenoxy) is 2. The minimum absolute atomic E-state index is 0.0505. The van der Waals surface area contributed by atoms with Crippen LogP contribution in [0, 0.1) is 0 Å². The van der Waals surface area contributed by atoms with E-state index in [-0.39, 0.29) is 5.60 Å². The maximum absolute atomic E-state index is 5.81. The molecule has 0 aliphatic carbocycles. The highest BCUT2D eigenvalue weighted by Crippen LogP contribution is 2.29. The van der Waals surface area contributed by atoms with Crippen molar-refractivity contribution in [2.75, 3.05) is 46.5 Å². The Morgan fingerprint density at radius 1 is 1.32 bits per heavy atom. The highest BCUT2D eigenvalue weighted by atomic mass is 16.5. The Hall–Kier alpha value is -0.160. The van der Waals surface area contributed by atoms with Crippen molar-refractivity contribution in [3.8, 4) is 0 Å². The van der Waals surface area contributed by atoms with E-state index in [1.807, 2.05) is 7.11 Å². The molecule has 3 saturated heterocycles. The van der Waals surface area contributed by atoms with Crippen LogP contribution in [0.3, 0.4) is 0 Å². The molecule has 0 saturated carbocycles. The second kappa shape index (κ2) is 5.68. The summed E-state index contributed by atoms with van der Waals surface area (Å²) < 4.78 is 11.4. The van der Waals surface area contributed by atoms with Crippen molar-refractivity contribution in [1.29, 1.82) is 0 Å². The van der Waals surface area contributed by atoms with E-state index in [2.05, 4.69) is 16.7 Å². The fourth-order valence-corrected chi connectivity index (χ4v) is 3.94. The highest BCUT2D eigenvalue weighted by Gasteiger charge is 2.41. The van der Waals surface area contributed by atoms with Gasteiger partial charge in [-0.05, 0) is 26.3 Å². The Balaban J connectivity index is 1.63. The molecule has 0 N–H and O–H groups in total. The topological polar surface area (TPSA) is 24.9 Å². The molecule has 0 bridgehead atoms. The number of hydrogen-bond donors (Lipinski definition) is 0. The summed E-state index contributed by atoms with van der Waals surface area (Å²) in [5, 5.41) is 0. The van der Waals surface area contributed by atoms with Crippen LogP contribution >= 0.6 is 0 Å². The summed E-state index contributed by atoms with van der Waals surface area (Å²) in [6, 6.07) is 1.42. The Bertz CT molecular complexity index is 305. The van der Waals surface area contributed by atoms with Gasteiger partial charge in [0.25, 0.3) is 0 Å². The molecule has 3 rings (SSSR count). The van der Waals surface area contributed by atoms with E-state index in [1.54, 1.807) is 0 Å². The van der Waals surface area contributed by atoms with Crippen molar-refractivity contribution in [2.45, 2.75) is 50.3 Å². The van der Waals surface area contributed by atoms with Gasteiger partial charge in [0.2, 0.25) is 0 Å². The molecule has 3 aliphatic heterocycles. The lowest BCUT2D eigenvalue weighted by molar-refractivity contribution is -0.0710. The average Bonchev–Trinajstić information content (AvgIpc) is 2.89. The third kappa shape index (κ3) is 2.82. The number of fused-ring (bicyclic) bond motifs is 1. The van der Waals surface area contributed by atoms with Crippen LogP contribution in [-0.4, -0.2) is 74.0 Å². The summed E-state index contributed by atoms with van der Waals surface area (Å²) in [5.74, 6) is 0. The van der Waals surface area contributed by atoms with Gasteiger partial charge >= 0.3 is 0 Å². The van der Waals surface area contributed by atoms with Gasteiger partial charge in [-0.15, -0.1) is 0 Å². The Labute approximate surface area is 117 Å². The fourth-order valence-electron chi connectivity index (χ4n) is 3.94. The molecular weight excluding hydrogens is 240 g/mol. The van der Waals surface area contributed by atoms with Crippen LogP contribution in [-0.2, 0) is 9.47 Å². The first-order valence-electron chi connectivity index (χ1n) is 7.83. The third-order valence-corrected chi connectivity index (χ3v) is 5.31. The summed E-state index contributed by atoms with van der Waals surface area (Å²) in [5.41, 5.74) is -0.0505. The third-order valence-electron chi connectivity index (χ3n) is 5.31. The van der Waals surface area contributed by atoms with Crippen molar-refractivity contribution in [3.63, 3.8) is 0 Å². The smallest absolute Gasteiger partial charge is 0.106 e. The predicted molar refractivity (Wildman–Crippen MR) is 75.4 cm³/mol. The van der Waals surface area contributed by atoms with Gasteiger partial charge in [-0.2, -0.15) is 0 Å². The molecule has 0 aromatic heterocycles. The minimum Gasteiger partial charge on any atom is -0.378 e. The first kappa shape index (κ1) is 13.8. The van der Waals surface area contributed by atoms with Gasteiger partial charge in [-0.3, -0.25) is 9.80 Å². The van der Waals surface area contributed by atoms with E-state index in [0.717, 1.165) is 32.2 Å². The zero-order valence-electron chi connectivity index (χ0n) is 12.4. The van der Waals surface area contributed by atoms with Gasteiger partial charge in [0.05, 0.1) is 6.61 Å². The molecule has 0 aromatic rings. The number of piperidine rings is 1. The van der Waals surface area contributed by atoms with E-state index in [4.69, 9.17) is 9.47 Å². The Morgan fingerprint density at radius 2 is 2.21 bits per heavy atom. The van der Waals surface area contributed by atoms with Crippen molar-refractivity contribution in [1.82, 2.24) is 9.80 Å². The lowest BCUT2D eigenvalue weighted by Crippen LogP contribution is -2.61. The molecule has 0 spiro atoms. The minimum atomic E-state index is -0.0505. The van der Waals surface area contributed by atoms with E-state index < -0.39 is 0 Å². The van der Waals surface area contributed by atoms with Gasteiger partial charge in [0, 0.05) is 51.9 Å². The van der Waals surface area contributed by atoms with Crippen LogP contribution in [0.5, 0.6) is 0 Å². The van der Waals surface area contributed by atoms with Crippen LogP contribution in [0.15, 0.2) is 0 Å². The van der Waals surface area contributed by atoms with Crippen LogP contribution in [0.25, 0.3) is 0 Å². The van der Waals surface area contributed by atoms with Crippen molar-refractivity contribution in [2.24, 2.45) is 0 Å². The van der Waals surface area contributed by atoms with Crippen LogP contribution in [0.2, 0.25) is 0 Å². The van der Waals surface area contributed by atoms with Crippen LogP contribution in [0.4, 0.5) is 0 Å². The fraction of sp³-hybridized carbons (Fsp3) is 1.00. The lowest BCUT2D eigenvalue weighted by Gasteiger charge is -2.49. The standard InChI is InChI=1S/C15H28N2O2/c1-13-9-16-7-4-3-5-14(16)10-17(13)11-15(18-2)6-8-19-12-15/h13-14H,3-12H2,1-2H3. The van der Waals surface area contributed by atoms with Gasteiger partial charge in [-0.25, -0.2) is 0 Å². The van der Waals surface area contributed by atoms with Gasteiger partial charge in [-0.1, -0.05) is 6.42 Å². The van der Waals surface area contributed by atoms with Gasteiger partial charge in [0.15, 0.2) is 0 Å². The summed E-state index contributed by atoms with van der Waals surface area (Å²) in [6.45, 7) is 8.77. The number of hydrogen-bond acceptors (Lipinski definition) is 4. The lowest BCUT2D eigenvalue weighted by atomic mass is 9.94. The second-order valence-corrected chi connectivity index (χ2v) is 6.61. The molecule has 4 nitrogen and oxygen atoms in total. The van der Waals surface area contributed by atoms with Crippen molar-refractivity contribution >= 4 is 0 Å². The predicted octanol–water partition coefficient (Wildman–Crippen LogP) is 1.35. The molecule has 3 aliphatic rings. The molecule has 3 fully saturated rings. The summed E-state index contributed by atoms with van der Waals surface area (Å²) in [7, 11) is 1.84. The van der Waals surface area contributed by atoms with Gasteiger partial charge < -0.3 is 9.47 Å². The molecule has 0 amide bonds. The molecule has 0 aromatic carbocycles. The highest BCUT2D eigenvalue weighted by molar-refractivity contribution is 4.95. The molecule has 19 heavy (non-hydrogen) atoms. The van der Waals surface area contributed by atoms with Crippen molar-refractivity contribution in [3.05, 3.63) is 0 Å². The van der Waals surface area contributed by atoms with Gasteiger partial charge in [0.1, 0.15) is 5.60 Å².